The molecule has 5 rings (SSSR count). The molecule has 13 heteroatoms. The SMILES string of the molecule is CSc1nc2c(c(=O)n1-c1ccc3c(ncn3C)n1)CC(C)N(C(=O)c1ccc(Br)c(C(F)(F)F)c1)C2. The van der Waals surface area contributed by atoms with Crippen molar-refractivity contribution in [2.45, 2.75) is 37.3 Å². The first-order valence-electron chi connectivity index (χ1n) is 11.1. The van der Waals surface area contributed by atoms with Gasteiger partial charge in [-0.1, -0.05) is 27.7 Å². The average Bonchev–Trinajstić information content (AvgIpc) is 3.23. The number of halogens is 4. The van der Waals surface area contributed by atoms with Crippen molar-refractivity contribution in [3.63, 3.8) is 0 Å². The monoisotopic (exact) mass is 592 g/mol. The number of alkyl halides is 3. The van der Waals surface area contributed by atoms with Crippen LogP contribution in [0.25, 0.3) is 17.0 Å². The first-order chi connectivity index (χ1) is 17.5. The summed E-state index contributed by atoms with van der Waals surface area (Å²) in [7, 11) is 1.85. The maximum absolute atomic E-state index is 13.6. The smallest absolute Gasteiger partial charge is 0.332 e. The van der Waals surface area contributed by atoms with Crippen LogP contribution in [0.2, 0.25) is 0 Å². The zero-order valence-electron chi connectivity index (χ0n) is 19.9. The number of fused-ring (bicyclic) bond motifs is 2. The van der Waals surface area contributed by atoms with Gasteiger partial charge in [-0.25, -0.2) is 19.5 Å². The van der Waals surface area contributed by atoms with Crippen molar-refractivity contribution < 1.29 is 18.0 Å². The lowest BCUT2D eigenvalue weighted by Crippen LogP contribution is -2.46. The molecule has 1 atom stereocenters. The zero-order chi connectivity index (χ0) is 26.6. The third kappa shape index (κ3) is 4.43. The number of aryl methyl sites for hydroxylation is 1. The lowest BCUT2D eigenvalue weighted by molar-refractivity contribution is -0.138. The van der Waals surface area contributed by atoms with E-state index in [-0.39, 0.29) is 28.6 Å². The highest BCUT2D eigenvalue weighted by molar-refractivity contribution is 9.10. The van der Waals surface area contributed by atoms with E-state index >= 15 is 0 Å². The fourth-order valence-corrected chi connectivity index (χ4v) is 5.45. The molecule has 3 aromatic heterocycles. The van der Waals surface area contributed by atoms with Gasteiger partial charge >= 0.3 is 6.18 Å². The van der Waals surface area contributed by atoms with E-state index < -0.39 is 23.7 Å². The van der Waals surface area contributed by atoms with Crippen LogP contribution in [-0.4, -0.2) is 47.2 Å². The number of rotatable bonds is 3. The minimum absolute atomic E-state index is 0.00307. The van der Waals surface area contributed by atoms with Gasteiger partial charge in [-0.3, -0.25) is 9.59 Å². The average molecular weight is 593 g/mol. The predicted octanol–water partition coefficient (Wildman–Crippen LogP) is 4.60. The number of amides is 1. The molecule has 1 amide bonds. The molecule has 1 aromatic carbocycles. The number of hydrogen-bond donors (Lipinski definition) is 0. The van der Waals surface area contributed by atoms with Gasteiger partial charge < -0.3 is 9.47 Å². The maximum atomic E-state index is 13.6. The van der Waals surface area contributed by atoms with E-state index in [9.17, 15) is 22.8 Å². The zero-order valence-corrected chi connectivity index (χ0v) is 22.3. The lowest BCUT2D eigenvalue weighted by Gasteiger charge is -2.34. The Morgan fingerprint density at radius 1 is 1.19 bits per heavy atom. The first kappa shape index (κ1) is 25.5. The standard InChI is InChI=1S/C24H20BrF3N6O2S/c1-12-8-14-17(10-33(12)21(35)13-4-5-16(25)15(9-13)24(26,27)28)30-23(37-3)34(22(14)36)19-7-6-18-20(31-19)29-11-32(18)2/h4-7,9,11-12H,8,10H2,1-3H3. The van der Waals surface area contributed by atoms with Crippen LogP contribution >= 0.6 is 27.7 Å². The fraction of sp³-hybridized carbons (Fsp3) is 0.292. The summed E-state index contributed by atoms with van der Waals surface area (Å²) in [4.78, 5) is 41.8. The number of pyridine rings is 1. The molecule has 1 aliphatic rings. The van der Waals surface area contributed by atoms with Crippen LogP contribution in [0.15, 0.2) is 51.1 Å². The molecule has 1 unspecified atom stereocenters. The Balaban J connectivity index is 1.54. The van der Waals surface area contributed by atoms with Crippen LogP contribution in [0.4, 0.5) is 13.2 Å². The second-order valence-electron chi connectivity index (χ2n) is 8.71. The molecule has 4 heterocycles. The van der Waals surface area contributed by atoms with E-state index in [0.717, 1.165) is 11.6 Å². The van der Waals surface area contributed by atoms with Crippen LogP contribution in [-0.2, 0) is 26.2 Å². The minimum atomic E-state index is -4.61. The molecule has 0 aliphatic carbocycles. The summed E-state index contributed by atoms with van der Waals surface area (Å²) in [6.45, 7) is 1.76. The van der Waals surface area contributed by atoms with Gasteiger partial charge in [-0.2, -0.15) is 13.2 Å². The van der Waals surface area contributed by atoms with E-state index in [4.69, 9.17) is 0 Å². The summed E-state index contributed by atoms with van der Waals surface area (Å²) in [5.41, 5.74) is 0.878. The molecular formula is C24H20BrF3N6O2S. The molecule has 192 valence electrons. The number of thioether (sulfide) groups is 1. The van der Waals surface area contributed by atoms with Crippen LogP contribution < -0.4 is 5.56 Å². The van der Waals surface area contributed by atoms with Gasteiger partial charge in [0.05, 0.1) is 29.6 Å². The van der Waals surface area contributed by atoms with Crippen molar-refractivity contribution in [1.82, 2.24) is 29.0 Å². The predicted molar refractivity (Wildman–Crippen MR) is 136 cm³/mol. The number of benzene rings is 1. The largest absolute Gasteiger partial charge is 0.417 e. The Morgan fingerprint density at radius 3 is 2.65 bits per heavy atom. The first-order valence-corrected chi connectivity index (χ1v) is 13.2. The van der Waals surface area contributed by atoms with Gasteiger partial charge in [0.2, 0.25) is 0 Å². The summed E-state index contributed by atoms with van der Waals surface area (Å²) < 4.78 is 43.3. The van der Waals surface area contributed by atoms with Crippen molar-refractivity contribution in [2.24, 2.45) is 7.05 Å². The second kappa shape index (κ2) is 9.28. The van der Waals surface area contributed by atoms with E-state index in [0.29, 0.717) is 27.9 Å². The maximum Gasteiger partial charge on any atom is 0.417 e. The molecule has 0 fully saturated rings. The Kier molecular flexibility index (Phi) is 6.39. The topological polar surface area (TPSA) is 85.9 Å². The number of carbonyl (C=O) groups is 1. The normalized spacial score (nSPS) is 15.8. The number of carbonyl (C=O) groups excluding carboxylic acids is 1. The Morgan fingerprint density at radius 2 is 1.95 bits per heavy atom. The highest BCUT2D eigenvalue weighted by Crippen LogP contribution is 2.36. The lowest BCUT2D eigenvalue weighted by atomic mass is 9.98. The summed E-state index contributed by atoms with van der Waals surface area (Å²) in [5.74, 6) is -0.174. The highest BCUT2D eigenvalue weighted by atomic mass is 79.9. The molecule has 0 saturated heterocycles. The summed E-state index contributed by atoms with van der Waals surface area (Å²) in [6, 6.07) is 6.53. The number of hydrogen-bond acceptors (Lipinski definition) is 6. The van der Waals surface area contributed by atoms with Crippen molar-refractivity contribution >= 4 is 44.8 Å². The summed E-state index contributed by atoms with van der Waals surface area (Å²) in [6.07, 6.45) is -0.989. The van der Waals surface area contributed by atoms with Crippen molar-refractivity contribution in [3.8, 4) is 5.82 Å². The Hall–Kier alpha value is -3.19. The van der Waals surface area contributed by atoms with Crippen molar-refractivity contribution in [3.05, 3.63) is 73.9 Å². The second-order valence-corrected chi connectivity index (χ2v) is 10.3. The molecule has 37 heavy (non-hydrogen) atoms. The number of imidazole rings is 1. The fourth-order valence-electron chi connectivity index (χ4n) is 4.42. The quantitative estimate of drug-likeness (QED) is 0.255. The molecule has 0 saturated carbocycles. The summed E-state index contributed by atoms with van der Waals surface area (Å²) in [5, 5.41) is 0.386. The van der Waals surface area contributed by atoms with Crippen LogP contribution in [0.1, 0.15) is 34.1 Å². The third-order valence-electron chi connectivity index (χ3n) is 6.35. The van der Waals surface area contributed by atoms with E-state index in [1.807, 2.05) is 17.7 Å². The molecule has 0 radical (unpaired) electrons. The minimum Gasteiger partial charge on any atom is -0.332 e. The molecule has 8 nitrogen and oxygen atoms in total. The Bertz CT molecular complexity index is 1620. The Labute approximate surface area is 221 Å². The summed E-state index contributed by atoms with van der Waals surface area (Å²) >= 11 is 4.16. The van der Waals surface area contributed by atoms with Crippen molar-refractivity contribution in [1.29, 1.82) is 0 Å². The van der Waals surface area contributed by atoms with Crippen LogP contribution in [0.5, 0.6) is 0 Å². The third-order valence-corrected chi connectivity index (χ3v) is 7.68. The number of aromatic nitrogens is 5. The van der Waals surface area contributed by atoms with Gasteiger partial charge in [-0.05, 0) is 49.9 Å². The highest BCUT2D eigenvalue weighted by Gasteiger charge is 2.36. The van der Waals surface area contributed by atoms with Crippen LogP contribution in [0, 0.1) is 0 Å². The number of nitrogens with zero attached hydrogens (tertiary/aromatic N) is 6. The molecule has 0 bridgehead atoms. The van der Waals surface area contributed by atoms with E-state index in [1.165, 1.54) is 33.4 Å². The van der Waals surface area contributed by atoms with E-state index in [1.54, 1.807) is 25.6 Å². The molecule has 0 N–H and O–H groups in total. The van der Waals surface area contributed by atoms with Crippen molar-refractivity contribution in [2.75, 3.05) is 6.26 Å². The van der Waals surface area contributed by atoms with Gasteiger partial charge in [-0.15, -0.1) is 0 Å². The molecule has 0 spiro atoms. The van der Waals surface area contributed by atoms with Gasteiger partial charge in [0, 0.05) is 28.7 Å². The molecule has 1 aliphatic heterocycles. The van der Waals surface area contributed by atoms with E-state index in [2.05, 4.69) is 30.9 Å². The van der Waals surface area contributed by atoms with Crippen LogP contribution in [0.3, 0.4) is 0 Å². The van der Waals surface area contributed by atoms with Gasteiger partial charge in [0.25, 0.3) is 11.5 Å². The van der Waals surface area contributed by atoms with Gasteiger partial charge in [0.15, 0.2) is 10.8 Å². The molecular weight excluding hydrogens is 573 g/mol. The molecule has 4 aromatic rings. The van der Waals surface area contributed by atoms with Gasteiger partial charge in [0.1, 0.15) is 5.82 Å².